The molecule has 15 heavy (non-hydrogen) atoms. The highest BCUT2D eigenvalue weighted by Gasteiger charge is 2.30. The third kappa shape index (κ3) is 4.51. The van der Waals surface area contributed by atoms with Crippen molar-refractivity contribution in [3.63, 3.8) is 0 Å². The number of nitrogens with zero attached hydrogens (tertiary/aromatic N) is 1. The molecule has 0 spiro atoms. The summed E-state index contributed by atoms with van der Waals surface area (Å²) in [5, 5.41) is -0.286. The van der Waals surface area contributed by atoms with E-state index in [1.165, 1.54) is 6.26 Å². The zero-order valence-electron chi connectivity index (χ0n) is 8.99. The van der Waals surface area contributed by atoms with Crippen LogP contribution in [0.2, 0.25) is 0 Å². The van der Waals surface area contributed by atoms with E-state index < -0.39 is 9.84 Å². The van der Waals surface area contributed by atoms with Crippen LogP contribution in [0.5, 0.6) is 0 Å². The van der Waals surface area contributed by atoms with Crippen LogP contribution < -0.4 is 0 Å². The molecule has 90 valence electrons. The Balaban J connectivity index is 2.51. The number of halogens is 1. The Labute approximate surface area is 101 Å². The van der Waals surface area contributed by atoms with Crippen LogP contribution in [-0.2, 0) is 9.84 Å². The normalized spacial score (nSPS) is 24.3. The SMILES string of the molecule is CS(=O)(=O)C1CSCCN1CCCCCl. The van der Waals surface area contributed by atoms with E-state index in [-0.39, 0.29) is 5.37 Å². The van der Waals surface area contributed by atoms with Gasteiger partial charge in [0.2, 0.25) is 0 Å². The van der Waals surface area contributed by atoms with Crippen LogP contribution >= 0.6 is 23.4 Å². The lowest BCUT2D eigenvalue weighted by molar-refractivity contribution is 0.266. The average Bonchev–Trinajstić information content (AvgIpc) is 2.17. The average molecular weight is 272 g/mol. The molecule has 0 aromatic heterocycles. The quantitative estimate of drug-likeness (QED) is 0.560. The maximum atomic E-state index is 11.5. The first-order valence-corrected chi connectivity index (χ1v) is 8.76. The van der Waals surface area contributed by atoms with Crippen molar-refractivity contribution in [3.8, 4) is 0 Å². The Bertz CT molecular complexity index is 282. The van der Waals surface area contributed by atoms with Crippen LogP contribution in [0.3, 0.4) is 0 Å². The standard InChI is InChI=1S/C9H18ClNO2S2/c1-15(12,13)9-8-14-7-6-11(9)5-3-2-4-10/h9H,2-8H2,1H3. The Morgan fingerprint density at radius 3 is 2.80 bits per heavy atom. The van der Waals surface area contributed by atoms with Gasteiger partial charge in [0.15, 0.2) is 9.84 Å². The highest BCUT2D eigenvalue weighted by Crippen LogP contribution is 2.20. The first-order valence-electron chi connectivity index (χ1n) is 5.12. The highest BCUT2D eigenvalue weighted by atomic mass is 35.5. The Morgan fingerprint density at radius 1 is 1.47 bits per heavy atom. The van der Waals surface area contributed by atoms with E-state index in [0.717, 1.165) is 31.7 Å². The summed E-state index contributed by atoms with van der Waals surface area (Å²) >= 11 is 7.33. The van der Waals surface area contributed by atoms with Crippen molar-refractivity contribution in [2.45, 2.75) is 18.2 Å². The molecule has 3 nitrogen and oxygen atoms in total. The van der Waals surface area contributed by atoms with Gasteiger partial charge in [-0.05, 0) is 19.4 Å². The van der Waals surface area contributed by atoms with Gasteiger partial charge in [0, 0.05) is 30.2 Å². The van der Waals surface area contributed by atoms with E-state index in [2.05, 4.69) is 4.90 Å². The predicted octanol–water partition coefficient (Wildman–Crippen LogP) is 1.42. The molecule has 1 unspecified atom stereocenters. The zero-order chi connectivity index (χ0) is 11.3. The summed E-state index contributed by atoms with van der Waals surface area (Å²) in [4.78, 5) is 2.08. The maximum absolute atomic E-state index is 11.5. The van der Waals surface area contributed by atoms with E-state index in [4.69, 9.17) is 11.6 Å². The molecule has 0 radical (unpaired) electrons. The third-order valence-corrected chi connectivity index (χ3v) is 5.47. The largest absolute Gasteiger partial charge is 0.286 e. The molecule has 1 aliphatic heterocycles. The van der Waals surface area contributed by atoms with Gasteiger partial charge in [-0.1, -0.05) is 0 Å². The summed E-state index contributed by atoms with van der Waals surface area (Å²) < 4.78 is 23.1. The molecule has 0 aliphatic carbocycles. The van der Waals surface area contributed by atoms with Gasteiger partial charge in [0.1, 0.15) is 5.37 Å². The van der Waals surface area contributed by atoms with Crippen LogP contribution in [0.4, 0.5) is 0 Å². The molecule has 0 saturated carbocycles. The molecule has 0 aromatic carbocycles. The van der Waals surface area contributed by atoms with E-state index in [1.54, 1.807) is 11.8 Å². The molecule has 1 fully saturated rings. The summed E-state index contributed by atoms with van der Waals surface area (Å²) in [6.07, 6.45) is 3.28. The fourth-order valence-electron chi connectivity index (χ4n) is 1.67. The van der Waals surface area contributed by atoms with Gasteiger partial charge in [-0.15, -0.1) is 11.6 Å². The van der Waals surface area contributed by atoms with Crippen molar-refractivity contribution in [2.24, 2.45) is 0 Å². The van der Waals surface area contributed by atoms with Crippen molar-refractivity contribution < 1.29 is 8.42 Å². The van der Waals surface area contributed by atoms with Crippen molar-refractivity contribution in [1.29, 1.82) is 0 Å². The lowest BCUT2D eigenvalue weighted by Gasteiger charge is -2.33. The molecule has 1 heterocycles. The van der Waals surface area contributed by atoms with E-state index in [0.29, 0.717) is 11.6 Å². The predicted molar refractivity (Wildman–Crippen MR) is 67.5 cm³/mol. The number of thioether (sulfide) groups is 1. The Hall–Kier alpha value is 0.550. The van der Waals surface area contributed by atoms with Crippen LogP contribution in [0.1, 0.15) is 12.8 Å². The molecule has 0 N–H and O–H groups in total. The summed E-state index contributed by atoms with van der Waals surface area (Å²) in [5.74, 6) is 2.40. The summed E-state index contributed by atoms with van der Waals surface area (Å²) in [6.45, 7) is 1.73. The number of alkyl halides is 1. The van der Waals surface area contributed by atoms with Crippen LogP contribution in [0.15, 0.2) is 0 Å². The highest BCUT2D eigenvalue weighted by molar-refractivity contribution is 8.00. The van der Waals surface area contributed by atoms with Gasteiger partial charge in [0.05, 0.1) is 0 Å². The molecule has 0 amide bonds. The first kappa shape index (κ1) is 13.6. The minimum absolute atomic E-state index is 0.286. The topological polar surface area (TPSA) is 37.4 Å². The summed E-state index contributed by atoms with van der Waals surface area (Å²) in [5.41, 5.74) is 0. The second-order valence-electron chi connectivity index (χ2n) is 3.79. The number of unbranched alkanes of at least 4 members (excludes halogenated alkanes) is 1. The fourth-order valence-corrected chi connectivity index (χ4v) is 4.84. The maximum Gasteiger partial charge on any atom is 0.164 e. The van der Waals surface area contributed by atoms with E-state index >= 15 is 0 Å². The molecule has 1 atom stereocenters. The number of rotatable bonds is 5. The molecule has 0 bridgehead atoms. The Morgan fingerprint density at radius 2 is 2.20 bits per heavy atom. The minimum Gasteiger partial charge on any atom is -0.286 e. The summed E-state index contributed by atoms with van der Waals surface area (Å²) in [7, 11) is -2.94. The van der Waals surface area contributed by atoms with Gasteiger partial charge in [-0.3, -0.25) is 4.90 Å². The second kappa shape index (κ2) is 6.33. The minimum atomic E-state index is -2.94. The number of hydrogen-bond donors (Lipinski definition) is 0. The molecule has 1 aliphatic rings. The number of hydrogen-bond acceptors (Lipinski definition) is 4. The number of sulfone groups is 1. The smallest absolute Gasteiger partial charge is 0.164 e. The fraction of sp³-hybridized carbons (Fsp3) is 1.00. The first-order chi connectivity index (χ1) is 7.05. The molecule has 6 heteroatoms. The van der Waals surface area contributed by atoms with Crippen molar-refractivity contribution in [2.75, 3.05) is 36.7 Å². The van der Waals surface area contributed by atoms with E-state index in [9.17, 15) is 8.42 Å². The van der Waals surface area contributed by atoms with Crippen LogP contribution in [0, 0.1) is 0 Å². The van der Waals surface area contributed by atoms with Gasteiger partial charge < -0.3 is 0 Å². The van der Waals surface area contributed by atoms with Crippen molar-refractivity contribution >= 4 is 33.2 Å². The van der Waals surface area contributed by atoms with Crippen molar-refractivity contribution in [3.05, 3.63) is 0 Å². The molecule has 1 saturated heterocycles. The zero-order valence-corrected chi connectivity index (χ0v) is 11.4. The molecular weight excluding hydrogens is 254 g/mol. The molecular formula is C9H18ClNO2S2. The van der Waals surface area contributed by atoms with Gasteiger partial charge in [0.25, 0.3) is 0 Å². The lowest BCUT2D eigenvalue weighted by atomic mass is 10.3. The van der Waals surface area contributed by atoms with E-state index in [1.807, 2.05) is 0 Å². The Kier molecular flexibility index (Phi) is 5.74. The second-order valence-corrected chi connectivity index (χ2v) is 7.52. The molecule has 1 rings (SSSR count). The van der Waals surface area contributed by atoms with Gasteiger partial charge in [-0.2, -0.15) is 11.8 Å². The molecule has 0 aromatic rings. The van der Waals surface area contributed by atoms with Crippen LogP contribution in [0.25, 0.3) is 0 Å². The van der Waals surface area contributed by atoms with Gasteiger partial charge >= 0.3 is 0 Å². The monoisotopic (exact) mass is 271 g/mol. The third-order valence-electron chi connectivity index (χ3n) is 2.51. The lowest BCUT2D eigenvalue weighted by Crippen LogP contribution is -2.47. The van der Waals surface area contributed by atoms with Crippen LogP contribution in [-0.4, -0.2) is 55.4 Å². The van der Waals surface area contributed by atoms with Gasteiger partial charge in [-0.25, -0.2) is 8.42 Å². The van der Waals surface area contributed by atoms with Crippen molar-refractivity contribution in [1.82, 2.24) is 4.90 Å². The summed E-state index contributed by atoms with van der Waals surface area (Å²) in [6, 6.07) is 0.